The van der Waals surface area contributed by atoms with Gasteiger partial charge < -0.3 is 14.9 Å². The minimum Gasteiger partial charge on any atom is -0.496 e. The number of hydrogen-bond donors (Lipinski definition) is 2. The Morgan fingerprint density at radius 3 is 2.67 bits per heavy atom. The number of aliphatic hydroxyl groups excluding tert-OH is 2. The van der Waals surface area contributed by atoms with Crippen LogP contribution in [0, 0.1) is 17.8 Å². The van der Waals surface area contributed by atoms with Crippen LogP contribution in [-0.4, -0.2) is 48.5 Å². The van der Waals surface area contributed by atoms with Crippen molar-refractivity contribution in [1.29, 1.82) is 0 Å². The summed E-state index contributed by atoms with van der Waals surface area (Å²) in [6, 6.07) is 5.86. The standard InChI is InChI=1S/C17H23NO3/c1-21-17-5-4-14(3-2-10-19)11-16(17)12-18-8-6-15(13-20)7-9-18/h4-5,11,15,19-20H,6-10,12-13H2,1H3. The molecule has 4 nitrogen and oxygen atoms in total. The predicted molar refractivity (Wildman–Crippen MR) is 82.0 cm³/mol. The maximum absolute atomic E-state index is 9.19. The maximum Gasteiger partial charge on any atom is 0.123 e. The number of rotatable bonds is 4. The Morgan fingerprint density at radius 1 is 1.29 bits per heavy atom. The predicted octanol–water partition coefficient (Wildman–Crippen LogP) is 1.24. The average Bonchev–Trinajstić information content (AvgIpc) is 2.54. The summed E-state index contributed by atoms with van der Waals surface area (Å²) in [7, 11) is 1.68. The second kappa shape index (κ2) is 8.04. The van der Waals surface area contributed by atoms with E-state index in [0.29, 0.717) is 12.5 Å². The summed E-state index contributed by atoms with van der Waals surface area (Å²) in [5.74, 6) is 6.92. The van der Waals surface area contributed by atoms with Crippen LogP contribution in [0.2, 0.25) is 0 Å². The molecule has 0 unspecified atom stereocenters. The van der Waals surface area contributed by atoms with Crippen molar-refractivity contribution in [3.8, 4) is 17.6 Å². The smallest absolute Gasteiger partial charge is 0.123 e. The van der Waals surface area contributed by atoms with Crippen LogP contribution in [0.4, 0.5) is 0 Å². The zero-order valence-electron chi connectivity index (χ0n) is 12.5. The largest absolute Gasteiger partial charge is 0.496 e. The summed E-state index contributed by atoms with van der Waals surface area (Å²) in [4.78, 5) is 2.38. The fourth-order valence-corrected chi connectivity index (χ4v) is 2.69. The highest BCUT2D eigenvalue weighted by Crippen LogP contribution is 2.24. The van der Waals surface area contributed by atoms with Crippen LogP contribution in [0.3, 0.4) is 0 Å². The van der Waals surface area contributed by atoms with E-state index in [9.17, 15) is 5.11 Å². The van der Waals surface area contributed by atoms with Crippen LogP contribution >= 0.6 is 0 Å². The van der Waals surface area contributed by atoms with Crippen molar-refractivity contribution in [3.63, 3.8) is 0 Å². The van der Waals surface area contributed by atoms with Gasteiger partial charge in [-0.2, -0.15) is 0 Å². The van der Waals surface area contributed by atoms with Crippen molar-refractivity contribution in [2.45, 2.75) is 19.4 Å². The molecule has 114 valence electrons. The molecule has 1 heterocycles. The lowest BCUT2D eigenvalue weighted by Crippen LogP contribution is -2.34. The zero-order chi connectivity index (χ0) is 15.1. The Balaban J connectivity index is 2.07. The first kappa shape index (κ1) is 15.8. The summed E-state index contributed by atoms with van der Waals surface area (Å²) < 4.78 is 5.42. The molecule has 1 aliphatic rings. The first-order valence-corrected chi connectivity index (χ1v) is 7.36. The molecular formula is C17H23NO3. The normalized spacial score (nSPS) is 16.3. The molecule has 2 rings (SSSR count). The highest BCUT2D eigenvalue weighted by Gasteiger charge is 2.19. The second-order valence-electron chi connectivity index (χ2n) is 5.39. The number of methoxy groups -OCH3 is 1. The van der Waals surface area contributed by atoms with Crippen LogP contribution in [-0.2, 0) is 6.54 Å². The van der Waals surface area contributed by atoms with Gasteiger partial charge in [0.15, 0.2) is 0 Å². The topological polar surface area (TPSA) is 52.9 Å². The molecular weight excluding hydrogens is 266 g/mol. The van der Waals surface area contributed by atoms with Crippen LogP contribution in [0.1, 0.15) is 24.0 Å². The van der Waals surface area contributed by atoms with Gasteiger partial charge in [0.05, 0.1) is 7.11 Å². The number of likely N-dealkylation sites (tertiary alicyclic amines) is 1. The Bertz CT molecular complexity index is 511. The van der Waals surface area contributed by atoms with E-state index in [1.54, 1.807) is 7.11 Å². The Morgan fingerprint density at radius 2 is 2.05 bits per heavy atom. The van der Waals surface area contributed by atoms with Crippen LogP contribution < -0.4 is 4.74 Å². The summed E-state index contributed by atoms with van der Waals surface area (Å²) >= 11 is 0. The van der Waals surface area contributed by atoms with Crippen molar-refractivity contribution in [2.75, 3.05) is 33.4 Å². The minimum atomic E-state index is -0.129. The second-order valence-corrected chi connectivity index (χ2v) is 5.39. The van der Waals surface area contributed by atoms with Crippen molar-refractivity contribution < 1.29 is 14.9 Å². The van der Waals surface area contributed by atoms with Gasteiger partial charge in [0, 0.05) is 24.3 Å². The lowest BCUT2D eigenvalue weighted by atomic mass is 9.97. The van der Waals surface area contributed by atoms with E-state index >= 15 is 0 Å². The summed E-state index contributed by atoms with van der Waals surface area (Å²) in [5, 5.41) is 18.0. The number of nitrogens with zero attached hydrogens (tertiary/aromatic N) is 1. The monoisotopic (exact) mass is 289 g/mol. The molecule has 0 aromatic heterocycles. The van der Waals surface area contributed by atoms with Gasteiger partial charge in [-0.15, -0.1) is 0 Å². The first-order chi connectivity index (χ1) is 10.3. The number of piperidine rings is 1. The fraction of sp³-hybridized carbons (Fsp3) is 0.529. The van der Waals surface area contributed by atoms with E-state index in [-0.39, 0.29) is 6.61 Å². The third kappa shape index (κ3) is 4.47. The third-order valence-corrected chi connectivity index (χ3v) is 3.95. The van der Waals surface area contributed by atoms with Gasteiger partial charge in [-0.3, -0.25) is 4.90 Å². The minimum absolute atomic E-state index is 0.129. The maximum atomic E-state index is 9.19. The Labute approximate surface area is 126 Å². The molecule has 1 aromatic carbocycles. The van der Waals surface area contributed by atoms with Gasteiger partial charge >= 0.3 is 0 Å². The van der Waals surface area contributed by atoms with Crippen molar-refractivity contribution in [2.24, 2.45) is 5.92 Å². The molecule has 0 saturated carbocycles. The summed E-state index contributed by atoms with van der Waals surface area (Å²) in [6.45, 7) is 3.00. The molecule has 0 aliphatic carbocycles. The van der Waals surface area contributed by atoms with E-state index in [2.05, 4.69) is 16.7 Å². The molecule has 0 amide bonds. The van der Waals surface area contributed by atoms with Gasteiger partial charge in [0.1, 0.15) is 12.4 Å². The Hall–Kier alpha value is -1.54. The molecule has 4 heteroatoms. The molecule has 1 aromatic rings. The Kier molecular flexibility index (Phi) is 6.06. The zero-order valence-corrected chi connectivity index (χ0v) is 12.5. The average molecular weight is 289 g/mol. The number of hydrogen-bond acceptors (Lipinski definition) is 4. The molecule has 0 bridgehead atoms. The summed E-state index contributed by atoms with van der Waals surface area (Å²) in [6.07, 6.45) is 2.09. The highest BCUT2D eigenvalue weighted by molar-refractivity contribution is 5.44. The molecule has 1 fully saturated rings. The summed E-state index contributed by atoms with van der Waals surface area (Å²) in [5.41, 5.74) is 2.01. The van der Waals surface area contributed by atoms with E-state index < -0.39 is 0 Å². The number of benzene rings is 1. The quantitative estimate of drug-likeness (QED) is 0.819. The molecule has 21 heavy (non-hydrogen) atoms. The van der Waals surface area contributed by atoms with E-state index in [1.807, 2.05) is 18.2 Å². The molecule has 0 spiro atoms. The van der Waals surface area contributed by atoms with Crippen molar-refractivity contribution >= 4 is 0 Å². The molecule has 0 radical (unpaired) electrons. The van der Waals surface area contributed by atoms with Crippen LogP contribution in [0.25, 0.3) is 0 Å². The van der Waals surface area contributed by atoms with E-state index in [1.165, 1.54) is 0 Å². The van der Waals surface area contributed by atoms with Crippen molar-refractivity contribution in [1.82, 2.24) is 4.90 Å². The van der Waals surface area contributed by atoms with Crippen LogP contribution in [0.5, 0.6) is 5.75 Å². The van der Waals surface area contributed by atoms with Crippen molar-refractivity contribution in [3.05, 3.63) is 29.3 Å². The lowest BCUT2D eigenvalue weighted by molar-refractivity contribution is 0.127. The number of aliphatic hydroxyl groups is 2. The van der Waals surface area contributed by atoms with Gasteiger partial charge in [0.25, 0.3) is 0 Å². The number of ether oxygens (including phenoxy) is 1. The molecule has 0 atom stereocenters. The van der Waals surface area contributed by atoms with Gasteiger partial charge in [0.2, 0.25) is 0 Å². The van der Waals surface area contributed by atoms with E-state index in [0.717, 1.165) is 49.4 Å². The first-order valence-electron chi connectivity index (χ1n) is 7.36. The molecule has 2 N–H and O–H groups in total. The van der Waals surface area contributed by atoms with E-state index in [4.69, 9.17) is 9.84 Å². The van der Waals surface area contributed by atoms with Gasteiger partial charge in [-0.05, 0) is 50.0 Å². The third-order valence-electron chi connectivity index (χ3n) is 3.95. The lowest BCUT2D eigenvalue weighted by Gasteiger charge is -2.31. The van der Waals surface area contributed by atoms with Gasteiger partial charge in [-0.25, -0.2) is 0 Å². The molecule has 1 aliphatic heterocycles. The molecule has 1 saturated heterocycles. The van der Waals surface area contributed by atoms with Gasteiger partial charge in [-0.1, -0.05) is 11.8 Å². The highest BCUT2D eigenvalue weighted by atomic mass is 16.5. The SMILES string of the molecule is COc1ccc(C#CCO)cc1CN1CCC(CO)CC1. The van der Waals surface area contributed by atoms with Crippen LogP contribution in [0.15, 0.2) is 18.2 Å². The fourth-order valence-electron chi connectivity index (χ4n) is 2.69.